The van der Waals surface area contributed by atoms with Crippen molar-refractivity contribution in [2.75, 3.05) is 13.1 Å². The minimum atomic E-state index is -4.55. The third-order valence-corrected chi connectivity index (χ3v) is 2.52. The van der Waals surface area contributed by atoms with E-state index >= 15 is 0 Å². The van der Waals surface area contributed by atoms with Crippen molar-refractivity contribution in [1.82, 2.24) is 15.1 Å². The molecule has 0 N–H and O–H groups in total. The maximum atomic E-state index is 12.2. The van der Waals surface area contributed by atoms with E-state index in [9.17, 15) is 13.2 Å². The highest BCUT2D eigenvalue weighted by atomic mass is 19.4. The standard InChI is InChI=1S/C9H12F3N3O/c10-9(11,12)8-14-13-7(16-8)6-15-4-2-1-3-5-15/h1-6H2. The fourth-order valence-corrected chi connectivity index (χ4v) is 1.74. The summed E-state index contributed by atoms with van der Waals surface area (Å²) < 4.78 is 41.1. The van der Waals surface area contributed by atoms with E-state index in [1.165, 1.54) is 6.42 Å². The molecule has 4 nitrogen and oxygen atoms in total. The Morgan fingerprint density at radius 1 is 1.12 bits per heavy atom. The minimum absolute atomic E-state index is 0.0363. The first-order valence-corrected chi connectivity index (χ1v) is 5.17. The van der Waals surface area contributed by atoms with Crippen LogP contribution in [0.25, 0.3) is 0 Å². The van der Waals surface area contributed by atoms with Crippen molar-refractivity contribution in [2.24, 2.45) is 0 Å². The molecule has 0 atom stereocenters. The summed E-state index contributed by atoms with van der Waals surface area (Å²) in [6.45, 7) is 2.07. The zero-order valence-electron chi connectivity index (χ0n) is 8.63. The molecule has 0 amide bonds. The van der Waals surface area contributed by atoms with E-state index in [2.05, 4.69) is 14.6 Å². The fourth-order valence-electron chi connectivity index (χ4n) is 1.74. The van der Waals surface area contributed by atoms with Crippen LogP contribution in [-0.2, 0) is 12.7 Å². The second kappa shape index (κ2) is 4.40. The number of aromatic nitrogens is 2. The topological polar surface area (TPSA) is 42.2 Å². The van der Waals surface area contributed by atoms with Crippen molar-refractivity contribution >= 4 is 0 Å². The molecule has 0 aliphatic carbocycles. The van der Waals surface area contributed by atoms with Crippen molar-refractivity contribution in [1.29, 1.82) is 0 Å². The number of hydrogen-bond donors (Lipinski definition) is 0. The first-order chi connectivity index (χ1) is 7.55. The maximum absolute atomic E-state index is 12.2. The van der Waals surface area contributed by atoms with Crippen LogP contribution in [0.2, 0.25) is 0 Å². The van der Waals surface area contributed by atoms with Gasteiger partial charge in [0.1, 0.15) is 0 Å². The molecule has 0 spiro atoms. The third kappa shape index (κ3) is 2.72. The Bertz CT molecular complexity index is 344. The molecule has 1 aliphatic heterocycles. The lowest BCUT2D eigenvalue weighted by atomic mass is 10.1. The van der Waals surface area contributed by atoms with Crippen molar-refractivity contribution in [3.63, 3.8) is 0 Å². The summed E-state index contributed by atoms with van der Waals surface area (Å²) in [7, 11) is 0. The summed E-state index contributed by atoms with van der Waals surface area (Å²) in [5.41, 5.74) is 0. The van der Waals surface area contributed by atoms with E-state index in [4.69, 9.17) is 0 Å². The van der Waals surface area contributed by atoms with Gasteiger partial charge in [0.15, 0.2) is 0 Å². The first kappa shape index (κ1) is 11.4. The molecule has 1 fully saturated rings. The summed E-state index contributed by atoms with van der Waals surface area (Å²) in [6, 6.07) is 0. The normalized spacial score (nSPS) is 18.9. The largest absolute Gasteiger partial charge is 0.470 e. The molecule has 16 heavy (non-hydrogen) atoms. The molecule has 0 radical (unpaired) electrons. The molecule has 0 unspecified atom stereocenters. The van der Waals surface area contributed by atoms with Gasteiger partial charge in [0.2, 0.25) is 5.89 Å². The van der Waals surface area contributed by atoms with Gasteiger partial charge in [0, 0.05) is 0 Å². The van der Waals surface area contributed by atoms with Crippen LogP contribution in [0.5, 0.6) is 0 Å². The molecular weight excluding hydrogens is 223 g/mol. The van der Waals surface area contributed by atoms with Crippen LogP contribution in [0.1, 0.15) is 31.0 Å². The number of rotatable bonds is 2. The molecule has 1 aromatic heterocycles. The Morgan fingerprint density at radius 2 is 1.81 bits per heavy atom. The highest BCUT2D eigenvalue weighted by molar-refractivity contribution is 4.86. The van der Waals surface area contributed by atoms with Crippen LogP contribution in [0, 0.1) is 0 Å². The molecule has 1 aromatic rings. The number of alkyl halides is 3. The zero-order chi connectivity index (χ0) is 11.6. The predicted octanol–water partition coefficient (Wildman–Crippen LogP) is 2.07. The summed E-state index contributed by atoms with van der Waals surface area (Å²) >= 11 is 0. The number of halogens is 3. The lowest BCUT2D eigenvalue weighted by Gasteiger charge is -2.24. The molecule has 0 saturated carbocycles. The van der Waals surface area contributed by atoms with E-state index in [-0.39, 0.29) is 5.89 Å². The van der Waals surface area contributed by atoms with E-state index in [0.29, 0.717) is 6.54 Å². The predicted molar refractivity (Wildman–Crippen MR) is 48.4 cm³/mol. The van der Waals surface area contributed by atoms with Gasteiger partial charge in [0.05, 0.1) is 6.54 Å². The van der Waals surface area contributed by atoms with Crippen LogP contribution in [0.15, 0.2) is 4.42 Å². The highest BCUT2D eigenvalue weighted by Gasteiger charge is 2.38. The lowest BCUT2D eigenvalue weighted by molar-refractivity contribution is -0.157. The zero-order valence-corrected chi connectivity index (χ0v) is 8.63. The number of piperidine rings is 1. The Kier molecular flexibility index (Phi) is 3.13. The van der Waals surface area contributed by atoms with Crippen LogP contribution in [0.4, 0.5) is 13.2 Å². The van der Waals surface area contributed by atoms with Gasteiger partial charge < -0.3 is 4.42 Å². The van der Waals surface area contributed by atoms with Crippen LogP contribution in [0.3, 0.4) is 0 Å². The second-order valence-electron chi connectivity index (χ2n) is 3.84. The Balaban J connectivity index is 1.97. The van der Waals surface area contributed by atoms with Gasteiger partial charge in [-0.05, 0) is 25.9 Å². The minimum Gasteiger partial charge on any atom is -0.416 e. The van der Waals surface area contributed by atoms with Crippen molar-refractivity contribution in [3.8, 4) is 0 Å². The Hall–Kier alpha value is -1.11. The van der Waals surface area contributed by atoms with Gasteiger partial charge in [-0.15, -0.1) is 10.2 Å². The van der Waals surface area contributed by atoms with Crippen molar-refractivity contribution < 1.29 is 17.6 Å². The first-order valence-electron chi connectivity index (χ1n) is 5.17. The highest BCUT2D eigenvalue weighted by Crippen LogP contribution is 2.28. The van der Waals surface area contributed by atoms with Crippen LogP contribution >= 0.6 is 0 Å². The van der Waals surface area contributed by atoms with E-state index in [1.54, 1.807) is 0 Å². The smallest absolute Gasteiger partial charge is 0.416 e. The third-order valence-electron chi connectivity index (χ3n) is 2.52. The average molecular weight is 235 g/mol. The summed E-state index contributed by atoms with van der Waals surface area (Å²) in [6.07, 6.45) is -1.23. The van der Waals surface area contributed by atoms with E-state index < -0.39 is 12.1 Å². The quantitative estimate of drug-likeness (QED) is 0.787. The van der Waals surface area contributed by atoms with Crippen LogP contribution < -0.4 is 0 Å². The van der Waals surface area contributed by atoms with Gasteiger partial charge in [-0.1, -0.05) is 6.42 Å². The van der Waals surface area contributed by atoms with Gasteiger partial charge in [-0.2, -0.15) is 13.2 Å². The maximum Gasteiger partial charge on any atom is 0.470 e. The molecule has 2 rings (SSSR count). The second-order valence-corrected chi connectivity index (χ2v) is 3.84. The average Bonchev–Trinajstić information content (AvgIpc) is 2.67. The van der Waals surface area contributed by atoms with Crippen molar-refractivity contribution in [2.45, 2.75) is 32.0 Å². The number of likely N-dealkylation sites (tertiary alicyclic amines) is 1. The Labute approximate surface area is 90.4 Å². The molecular formula is C9H12F3N3O. The van der Waals surface area contributed by atoms with Gasteiger partial charge in [-0.25, -0.2) is 0 Å². The van der Waals surface area contributed by atoms with Crippen molar-refractivity contribution in [3.05, 3.63) is 11.8 Å². The molecule has 1 aliphatic rings. The summed E-state index contributed by atoms with van der Waals surface area (Å²) in [5.74, 6) is -1.23. The summed E-state index contributed by atoms with van der Waals surface area (Å²) in [4.78, 5) is 2.02. The lowest BCUT2D eigenvalue weighted by Crippen LogP contribution is -2.29. The molecule has 0 aromatic carbocycles. The molecule has 1 saturated heterocycles. The monoisotopic (exact) mass is 235 g/mol. The SMILES string of the molecule is FC(F)(F)c1nnc(CN2CCCCC2)o1. The fraction of sp³-hybridized carbons (Fsp3) is 0.778. The van der Waals surface area contributed by atoms with E-state index in [1.807, 2.05) is 4.90 Å². The van der Waals surface area contributed by atoms with Gasteiger partial charge in [0.25, 0.3) is 0 Å². The van der Waals surface area contributed by atoms with E-state index in [0.717, 1.165) is 25.9 Å². The molecule has 0 bridgehead atoms. The molecule has 7 heteroatoms. The Morgan fingerprint density at radius 3 is 2.38 bits per heavy atom. The van der Waals surface area contributed by atoms with Gasteiger partial charge in [-0.3, -0.25) is 4.90 Å². The van der Waals surface area contributed by atoms with Gasteiger partial charge >= 0.3 is 12.1 Å². The summed E-state index contributed by atoms with van der Waals surface area (Å²) in [5, 5.41) is 6.38. The number of hydrogen-bond acceptors (Lipinski definition) is 4. The molecule has 90 valence electrons. The number of nitrogens with zero attached hydrogens (tertiary/aromatic N) is 3. The van der Waals surface area contributed by atoms with Crippen LogP contribution in [-0.4, -0.2) is 28.2 Å². The molecule has 2 heterocycles.